The van der Waals surface area contributed by atoms with Gasteiger partial charge >= 0.3 is 6.03 Å². The Hall–Kier alpha value is -1.07. The van der Waals surface area contributed by atoms with Crippen LogP contribution in [0.4, 0.5) is 10.5 Å². The number of nitrogens with zero attached hydrogens (tertiary/aromatic N) is 1. The fourth-order valence-electron chi connectivity index (χ4n) is 2.45. The Labute approximate surface area is 121 Å². The number of urea groups is 1. The molecule has 0 heterocycles. The molecular weight excluding hydrogens is 308 g/mol. The van der Waals surface area contributed by atoms with Gasteiger partial charge in [0.05, 0.1) is 6.10 Å². The highest BCUT2D eigenvalue weighted by atomic mass is 79.9. The number of rotatable bonds is 3. The highest BCUT2D eigenvalue weighted by Crippen LogP contribution is 2.26. The number of aliphatic hydroxyl groups is 1. The zero-order chi connectivity index (χ0) is 13.8. The molecule has 2 amide bonds. The first-order valence-electron chi connectivity index (χ1n) is 6.52. The average molecular weight is 327 g/mol. The molecular formula is C14H19BrN2O2. The number of halogens is 1. The maximum absolute atomic E-state index is 12.0. The minimum absolute atomic E-state index is 0.141. The van der Waals surface area contributed by atoms with Crippen LogP contribution in [0.5, 0.6) is 0 Å². The Morgan fingerprint density at radius 3 is 2.95 bits per heavy atom. The minimum atomic E-state index is -0.263. The molecule has 2 unspecified atom stereocenters. The largest absolute Gasteiger partial charge is 0.393 e. The highest BCUT2D eigenvalue weighted by Gasteiger charge is 2.27. The second-order valence-electron chi connectivity index (χ2n) is 5.08. The molecule has 0 radical (unpaired) electrons. The third-order valence-electron chi connectivity index (χ3n) is 3.55. The topological polar surface area (TPSA) is 52.6 Å². The van der Waals surface area contributed by atoms with Crippen molar-refractivity contribution >= 4 is 27.6 Å². The Balaban J connectivity index is 1.88. The Morgan fingerprint density at radius 1 is 1.53 bits per heavy atom. The molecule has 0 bridgehead atoms. The number of hydrogen-bond acceptors (Lipinski definition) is 2. The summed E-state index contributed by atoms with van der Waals surface area (Å²) in [6, 6.07) is 7.35. The molecule has 0 spiro atoms. The maximum atomic E-state index is 12.0. The number of carbonyl (C=O) groups is 1. The molecule has 0 aliphatic heterocycles. The van der Waals surface area contributed by atoms with Gasteiger partial charge in [0.1, 0.15) is 0 Å². The molecule has 1 aliphatic carbocycles. The molecule has 0 aromatic heterocycles. The number of benzene rings is 1. The van der Waals surface area contributed by atoms with Crippen LogP contribution in [0.2, 0.25) is 0 Å². The first-order chi connectivity index (χ1) is 9.06. The molecule has 1 aliphatic rings. The van der Waals surface area contributed by atoms with Crippen LogP contribution >= 0.6 is 15.9 Å². The Bertz CT molecular complexity index is 453. The molecule has 1 fully saturated rings. The van der Waals surface area contributed by atoms with Crippen molar-refractivity contribution in [1.82, 2.24) is 4.90 Å². The fraction of sp³-hybridized carbons (Fsp3) is 0.500. The first-order valence-corrected chi connectivity index (χ1v) is 7.31. The fourth-order valence-corrected chi connectivity index (χ4v) is 2.85. The van der Waals surface area contributed by atoms with Gasteiger partial charge in [0.15, 0.2) is 0 Å². The van der Waals surface area contributed by atoms with Gasteiger partial charge < -0.3 is 15.3 Å². The van der Waals surface area contributed by atoms with E-state index in [0.29, 0.717) is 6.54 Å². The van der Waals surface area contributed by atoms with Gasteiger partial charge in [0.2, 0.25) is 0 Å². The summed E-state index contributed by atoms with van der Waals surface area (Å²) >= 11 is 3.37. The normalized spacial score (nSPS) is 22.3. The van der Waals surface area contributed by atoms with Crippen molar-refractivity contribution in [1.29, 1.82) is 0 Å². The summed E-state index contributed by atoms with van der Waals surface area (Å²) in [5.74, 6) is 0.207. The zero-order valence-electron chi connectivity index (χ0n) is 11.0. The van der Waals surface area contributed by atoms with Crippen LogP contribution in [0.1, 0.15) is 19.3 Å². The van der Waals surface area contributed by atoms with E-state index in [-0.39, 0.29) is 18.1 Å². The number of anilines is 1. The van der Waals surface area contributed by atoms with Gasteiger partial charge in [0.25, 0.3) is 0 Å². The van der Waals surface area contributed by atoms with E-state index in [9.17, 15) is 9.90 Å². The second kappa shape index (κ2) is 6.39. The predicted molar refractivity (Wildman–Crippen MR) is 79.1 cm³/mol. The van der Waals surface area contributed by atoms with E-state index in [1.165, 1.54) is 0 Å². The predicted octanol–water partition coefficient (Wildman–Crippen LogP) is 3.07. The van der Waals surface area contributed by atoms with E-state index in [1.807, 2.05) is 24.3 Å². The molecule has 5 heteroatoms. The summed E-state index contributed by atoms with van der Waals surface area (Å²) in [7, 11) is 1.76. The van der Waals surface area contributed by atoms with Gasteiger partial charge in [-0.3, -0.25) is 0 Å². The number of nitrogens with one attached hydrogen (secondary N) is 1. The molecule has 1 saturated carbocycles. The van der Waals surface area contributed by atoms with E-state index in [2.05, 4.69) is 21.2 Å². The Kier molecular flexibility index (Phi) is 4.82. The summed E-state index contributed by atoms with van der Waals surface area (Å²) in [6.07, 6.45) is 2.63. The maximum Gasteiger partial charge on any atom is 0.321 e. The van der Waals surface area contributed by atoms with Crippen LogP contribution in [-0.2, 0) is 0 Å². The third-order valence-corrected chi connectivity index (χ3v) is 4.04. The molecule has 2 rings (SSSR count). The molecule has 1 aromatic rings. The van der Waals surface area contributed by atoms with E-state index < -0.39 is 0 Å². The van der Waals surface area contributed by atoms with Crippen LogP contribution in [0.15, 0.2) is 28.7 Å². The zero-order valence-corrected chi connectivity index (χ0v) is 12.6. The van der Waals surface area contributed by atoms with Crippen molar-refractivity contribution < 1.29 is 9.90 Å². The molecule has 0 saturated heterocycles. The van der Waals surface area contributed by atoms with E-state index in [0.717, 1.165) is 29.4 Å². The highest BCUT2D eigenvalue weighted by molar-refractivity contribution is 9.10. The lowest BCUT2D eigenvalue weighted by Crippen LogP contribution is -2.37. The molecule has 4 nitrogen and oxygen atoms in total. The van der Waals surface area contributed by atoms with Crippen LogP contribution in [0, 0.1) is 5.92 Å². The van der Waals surface area contributed by atoms with Crippen molar-refractivity contribution in [2.45, 2.75) is 25.4 Å². The summed E-state index contributed by atoms with van der Waals surface area (Å²) in [5.41, 5.74) is 0.762. The Morgan fingerprint density at radius 2 is 2.32 bits per heavy atom. The van der Waals surface area contributed by atoms with Gasteiger partial charge in [-0.2, -0.15) is 0 Å². The van der Waals surface area contributed by atoms with E-state index in [4.69, 9.17) is 0 Å². The van der Waals surface area contributed by atoms with Gasteiger partial charge in [-0.15, -0.1) is 0 Å². The summed E-state index contributed by atoms with van der Waals surface area (Å²) < 4.78 is 0.930. The van der Waals surface area contributed by atoms with Crippen LogP contribution < -0.4 is 5.32 Å². The molecule has 104 valence electrons. The monoisotopic (exact) mass is 326 g/mol. The van der Waals surface area contributed by atoms with Crippen molar-refractivity contribution in [3.05, 3.63) is 28.7 Å². The van der Waals surface area contributed by atoms with Crippen LogP contribution in [-0.4, -0.2) is 35.7 Å². The lowest BCUT2D eigenvalue weighted by atomic mass is 10.1. The van der Waals surface area contributed by atoms with Gasteiger partial charge in [-0.25, -0.2) is 4.79 Å². The van der Waals surface area contributed by atoms with Gasteiger partial charge in [-0.1, -0.05) is 28.4 Å². The molecule has 19 heavy (non-hydrogen) atoms. The standard InChI is InChI=1S/C14H19BrN2O2/c1-17(9-10-4-2-7-13(10)18)14(19)16-12-6-3-5-11(15)8-12/h3,5-6,8,10,13,18H,2,4,7,9H2,1H3,(H,16,19). The number of aliphatic hydroxyl groups excluding tert-OH is 1. The molecule has 1 aromatic carbocycles. The van der Waals surface area contributed by atoms with Crippen molar-refractivity contribution in [3.8, 4) is 0 Å². The summed E-state index contributed by atoms with van der Waals surface area (Å²) in [4.78, 5) is 13.7. The number of amides is 2. The van der Waals surface area contributed by atoms with Gasteiger partial charge in [0, 0.05) is 29.7 Å². The summed E-state index contributed by atoms with van der Waals surface area (Å²) in [5, 5.41) is 12.6. The second-order valence-corrected chi connectivity index (χ2v) is 6.00. The minimum Gasteiger partial charge on any atom is -0.393 e. The van der Waals surface area contributed by atoms with Crippen molar-refractivity contribution in [3.63, 3.8) is 0 Å². The van der Waals surface area contributed by atoms with Crippen molar-refractivity contribution in [2.24, 2.45) is 5.92 Å². The smallest absolute Gasteiger partial charge is 0.321 e. The van der Waals surface area contributed by atoms with E-state index >= 15 is 0 Å². The molecule has 2 atom stereocenters. The van der Waals surface area contributed by atoms with E-state index in [1.54, 1.807) is 11.9 Å². The van der Waals surface area contributed by atoms with Crippen LogP contribution in [0.25, 0.3) is 0 Å². The average Bonchev–Trinajstić information content (AvgIpc) is 2.75. The number of hydrogen-bond donors (Lipinski definition) is 2. The lowest BCUT2D eigenvalue weighted by molar-refractivity contribution is 0.116. The summed E-state index contributed by atoms with van der Waals surface area (Å²) in [6.45, 7) is 0.598. The quantitative estimate of drug-likeness (QED) is 0.896. The SMILES string of the molecule is CN(CC1CCCC1O)C(=O)Nc1cccc(Br)c1. The first kappa shape index (κ1) is 14.3. The molecule has 2 N–H and O–H groups in total. The number of carbonyl (C=O) groups excluding carboxylic acids is 1. The third kappa shape index (κ3) is 3.94. The van der Waals surface area contributed by atoms with Gasteiger partial charge in [-0.05, 0) is 31.0 Å². The lowest BCUT2D eigenvalue weighted by Gasteiger charge is -2.23. The van der Waals surface area contributed by atoms with Crippen molar-refractivity contribution in [2.75, 3.05) is 18.9 Å². The van der Waals surface area contributed by atoms with Crippen LogP contribution in [0.3, 0.4) is 0 Å².